The number of H-pyrrole nitrogens is 1. The summed E-state index contributed by atoms with van der Waals surface area (Å²) in [6, 6.07) is 3.93. The van der Waals surface area contributed by atoms with E-state index in [0.29, 0.717) is 53.9 Å². The smallest absolute Gasteiger partial charge is 0.225 e. The van der Waals surface area contributed by atoms with Gasteiger partial charge in [-0.3, -0.25) is 10.00 Å². The first-order chi connectivity index (χ1) is 21.5. The van der Waals surface area contributed by atoms with Crippen LogP contribution in [0.4, 0.5) is 14.5 Å². The Kier molecular flexibility index (Phi) is 6.24. The maximum absolute atomic E-state index is 17.1. The van der Waals surface area contributed by atoms with Crippen molar-refractivity contribution < 1.29 is 18.3 Å². The number of anilines is 1. The molecule has 0 radical (unpaired) electrons. The zero-order valence-electron chi connectivity index (χ0n) is 24.6. The molecule has 8 nitrogen and oxygen atoms in total. The van der Waals surface area contributed by atoms with Crippen molar-refractivity contribution >= 4 is 39.1 Å². The summed E-state index contributed by atoms with van der Waals surface area (Å²) in [4.78, 5) is 14.3. The van der Waals surface area contributed by atoms with Crippen LogP contribution in [0.15, 0.2) is 18.3 Å². The Balaban J connectivity index is 1.24. The van der Waals surface area contributed by atoms with Gasteiger partial charge in [0.2, 0.25) is 11.8 Å². The van der Waals surface area contributed by atoms with Crippen molar-refractivity contribution in [3.8, 4) is 23.0 Å². The van der Waals surface area contributed by atoms with Gasteiger partial charge < -0.3 is 14.4 Å². The second-order valence-electron chi connectivity index (χ2n) is 13.4. The molecular weight excluding hydrogens is 586 g/mol. The molecule has 1 N–H and O–H groups in total. The predicted molar refractivity (Wildman–Crippen MR) is 165 cm³/mol. The number of hydrogen-bond donors (Lipinski definition) is 1. The Hall–Kier alpha value is -3.24. The fraction of sp³-hybridized carbons (Fsp3) is 0.545. The molecule has 7 heterocycles. The fourth-order valence-corrected chi connectivity index (χ4v) is 8.73. The topological polar surface area (TPSA) is 79.4 Å². The summed E-state index contributed by atoms with van der Waals surface area (Å²) in [6.45, 7) is 2.95. The number of fused-ring (bicyclic) bond motifs is 4. The summed E-state index contributed by atoms with van der Waals surface area (Å²) >= 11 is 6.84. The number of aromatic nitrogens is 4. The minimum atomic E-state index is -0.852. The lowest BCUT2D eigenvalue weighted by Gasteiger charge is -2.32. The minimum absolute atomic E-state index is 0.136. The summed E-state index contributed by atoms with van der Waals surface area (Å²) in [5, 5.41) is 9.17. The zero-order chi connectivity index (χ0) is 29.6. The molecule has 230 valence electrons. The third-order valence-corrected chi connectivity index (χ3v) is 10.9. The quantitative estimate of drug-likeness (QED) is 0.259. The standard InChI is InChI=1S/C33H35ClF2N6O2/c34-22-11-23-21(14-37-40-23)27(26(22)18-6-7-18)30-29(36)31-28-24(42-10-3-1-2-5-20(42)16-43-32(28)39-30)12-25(38-31)44-17-33-8-4-9-41(33)15-19(35)13-33/h11-12,14,18-20H,1-10,13,15-17H2,(H,37,40)/t19-,20-,33+/m1/s1. The van der Waals surface area contributed by atoms with Gasteiger partial charge in [0.05, 0.1) is 34.4 Å². The van der Waals surface area contributed by atoms with Gasteiger partial charge in [-0.05, 0) is 62.6 Å². The van der Waals surface area contributed by atoms with Gasteiger partial charge in [0.15, 0.2) is 5.82 Å². The molecule has 1 aromatic carbocycles. The van der Waals surface area contributed by atoms with E-state index >= 15 is 4.39 Å². The van der Waals surface area contributed by atoms with Gasteiger partial charge in [0.1, 0.15) is 30.6 Å². The molecule has 0 amide bonds. The van der Waals surface area contributed by atoms with E-state index in [9.17, 15) is 4.39 Å². The Labute approximate surface area is 259 Å². The van der Waals surface area contributed by atoms with Crippen molar-refractivity contribution in [3.63, 3.8) is 0 Å². The molecule has 3 saturated heterocycles. The lowest BCUT2D eigenvalue weighted by molar-refractivity contribution is 0.111. The van der Waals surface area contributed by atoms with Crippen molar-refractivity contribution in [2.45, 2.75) is 81.5 Å². The van der Waals surface area contributed by atoms with E-state index in [0.717, 1.165) is 86.6 Å². The summed E-state index contributed by atoms with van der Waals surface area (Å²) < 4.78 is 44.6. The molecule has 11 heteroatoms. The van der Waals surface area contributed by atoms with E-state index in [1.165, 1.54) is 0 Å². The van der Waals surface area contributed by atoms with Gasteiger partial charge >= 0.3 is 0 Å². The maximum Gasteiger partial charge on any atom is 0.225 e. The molecule has 0 spiro atoms. The molecule has 3 atom stereocenters. The Bertz CT molecular complexity index is 1800. The number of hydrogen-bond acceptors (Lipinski definition) is 7. The third-order valence-electron chi connectivity index (χ3n) is 10.6. The Morgan fingerprint density at radius 3 is 2.91 bits per heavy atom. The first kappa shape index (κ1) is 27.1. The fourth-order valence-electron chi connectivity index (χ4n) is 8.37. The molecular formula is C33H35ClF2N6O2. The van der Waals surface area contributed by atoms with E-state index in [-0.39, 0.29) is 28.7 Å². The van der Waals surface area contributed by atoms with Crippen LogP contribution in [0, 0.1) is 5.82 Å². The number of ether oxygens (including phenoxy) is 2. The zero-order valence-corrected chi connectivity index (χ0v) is 25.3. The summed E-state index contributed by atoms with van der Waals surface area (Å²) in [6.07, 6.45) is 9.50. The number of aromatic amines is 1. The highest BCUT2D eigenvalue weighted by Crippen LogP contribution is 2.52. The monoisotopic (exact) mass is 620 g/mol. The van der Waals surface area contributed by atoms with Gasteiger partial charge in [-0.1, -0.05) is 24.4 Å². The molecule has 4 fully saturated rings. The van der Waals surface area contributed by atoms with E-state index < -0.39 is 12.0 Å². The molecule has 0 bridgehead atoms. The molecule has 5 aliphatic rings. The van der Waals surface area contributed by atoms with E-state index in [2.05, 4.69) is 20.0 Å². The second kappa shape index (κ2) is 10.1. The predicted octanol–water partition coefficient (Wildman–Crippen LogP) is 6.94. The summed E-state index contributed by atoms with van der Waals surface area (Å²) in [5.74, 6) is 0.451. The highest BCUT2D eigenvalue weighted by molar-refractivity contribution is 6.33. The van der Waals surface area contributed by atoms with Crippen LogP contribution >= 0.6 is 11.6 Å². The summed E-state index contributed by atoms with van der Waals surface area (Å²) in [5.41, 5.74) is 3.14. The normalized spacial score (nSPS) is 26.8. The molecule has 3 aromatic heterocycles. The largest absolute Gasteiger partial charge is 0.476 e. The average molecular weight is 621 g/mol. The maximum atomic E-state index is 17.1. The van der Waals surface area contributed by atoms with Crippen LogP contribution in [0.1, 0.15) is 69.3 Å². The molecule has 44 heavy (non-hydrogen) atoms. The SMILES string of the molecule is Fc1c(-c2c(C3CC3)c(Cl)cc3[nH]ncc23)nc2c3c(cc(OC[C@@]45CCCN4C[C@H](F)C5)nc13)N1CCCCC[C@@H]1CO2. The Morgan fingerprint density at radius 1 is 1.11 bits per heavy atom. The van der Waals surface area contributed by atoms with Crippen molar-refractivity contribution in [1.82, 2.24) is 25.1 Å². The lowest BCUT2D eigenvalue weighted by Crippen LogP contribution is -2.43. The third kappa shape index (κ3) is 4.20. The van der Waals surface area contributed by atoms with Crippen LogP contribution in [0.25, 0.3) is 33.1 Å². The van der Waals surface area contributed by atoms with Crippen LogP contribution in [0.3, 0.4) is 0 Å². The number of nitrogens with one attached hydrogen (secondary N) is 1. The molecule has 9 rings (SSSR count). The van der Waals surface area contributed by atoms with Crippen LogP contribution in [-0.4, -0.2) is 75.7 Å². The molecule has 1 saturated carbocycles. The first-order valence-electron chi connectivity index (χ1n) is 16.1. The Morgan fingerprint density at radius 2 is 2.02 bits per heavy atom. The number of alkyl halides is 1. The van der Waals surface area contributed by atoms with Gasteiger partial charge in [-0.2, -0.15) is 5.10 Å². The van der Waals surface area contributed by atoms with Gasteiger partial charge in [-0.15, -0.1) is 0 Å². The second-order valence-corrected chi connectivity index (χ2v) is 13.8. The van der Waals surface area contributed by atoms with Gasteiger partial charge in [-0.25, -0.2) is 18.7 Å². The number of rotatable bonds is 5. The van der Waals surface area contributed by atoms with Crippen molar-refractivity contribution in [1.29, 1.82) is 0 Å². The number of pyridine rings is 2. The highest BCUT2D eigenvalue weighted by atomic mass is 35.5. The number of benzene rings is 1. The van der Waals surface area contributed by atoms with Gasteiger partial charge in [0.25, 0.3) is 0 Å². The molecule has 1 aliphatic carbocycles. The van der Waals surface area contributed by atoms with E-state index in [4.69, 9.17) is 31.0 Å². The molecule has 4 aliphatic heterocycles. The highest BCUT2D eigenvalue weighted by Gasteiger charge is 2.49. The van der Waals surface area contributed by atoms with Crippen LogP contribution in [-0.2, 0) is 0 Å². The minimum Gasteiger partial charge on any atom is -0.476 e. The van der Waals surface area contributed by atoms with Crippen molar-refractivity contribution in [2.24, 2.45) is 0 Å². The number of halogens is 3. The van der Waals surface area contributed by atoms with Crippen LogP contribution in [0.2, 0.25) is 5.02 Å². The molecule has 4 aromatic rings. The van der Waals surface area contributed by atoms with Crippen molar-refractivity contribution in [3.05, 3.63) is 34.7 Å². The molecule has 0 unspecified atom stereocenters. The summed E-state index contributed by atoms with van der Waals surface area (Å²) in [7, 11) is 0. The number of nitrogens with zero attached hydrogens (tertiary/aromatic N) is 5. The van der Waals surface area contributed by atoms with E-state index in [1.807, 2.05) is 12.1 Å². The van der Waals surface area contributed by atoms with E-state index in [1.54, 1.807) is 6.20 Å². The van der Waals surface area contributed by atoms with Gasteiger partial charge in [0, 0.05) is 41.5 Å². The first-order valence-corrected chi connectivity index (χ1v) is 16.5. The van der Waals surface area contributed by atoms with Crippen LogP contribution in [0.5, 0.6) is 11.8 Å². The lowest BCUT2D eigenvalue weighted by atomic mass is 9.95. The average Bonchev–Trinajstić information content (AvgIpc) is 3.62. The van der Waals surface area contributed by atoms with Crippen molar-refractivity contribution in [2.75, 3.05) is 37.7 Å². The van der Waals surface area contributed by atoms with Crippen LogP contribution < -0.4 is 14.4 Å².